The van der Waals surface area contributed by atoms with Crippen LogP contribution in [0.1, 0.15) is 78.9 Å². The number of aromatic amines is 1. The van der Waals surface area contributed by atoms with Gasteiger partial charge < -0.3 is 4.90 Å². The number of aryl methyl sites for hydroxylation is 1. The molecule has 5 nitrogen and oxygen atoms in total. The molecule has 1 saturated heterocycles. The zero-order valence-corrected chi connectivity index (χ0v) is 16.0. The molecule has 138 valence electrons. The van der Waals surface area contributed by atoms with Gasteiger partial charge >= 0.3 is 0 Å². The summed E-state index contributed by atoms with van der Waals surface area (Å²) in [5.74, 6) is 2.56. The van der Waals surface area contributed by atoms with Gasteiger partial charge in [0, 0.05) is 30.5 Å². The van der Waals surface area contributed by atoms with Crippen molar-refractivity contribution in [3.05, 3.63) is 47.0 Å². The van der Waals surface area contributed by atoms with Crippen molar-refractivity contribution in [2.45, 2.75) is 58.3 Å². The van der Waals surface area contributed by atoms with Crippen LogP contribution in [-0.4, -0.2) is 39.1 Å². The van der Waals surface area contributed by atoms with Gasteiger partial charge in [-0.15, -0.1) is 0 Å². The molecule has 1 aromatic carbocycles. The van der Waals surface area contributed by atoms with E-state index in [1.165, 1.54) is 25.7 Å². The lowest BCUT2D eigenvalue weighted by molar-refractivity contribution is 0.0773. The highest BCUT2D eigenvalue weighted by Crippen LogP contribution is 2.53. The third-order valence-electron chi connectivity index (χ3n) is 6.17. The summed E-state index contributed by atoms with van der Waals surface area (Å²) in [6.45, 7) is 7.83. The highest BCUT2D eigenvalue weighted by Gasteiger charge is 2.51. The lowest BCUT2D eigenvalue weighted by Crippen LogP contribution is -2.31. The summed E-state index contributed by atoms with van der Waals surface area (Å²) in [6, 6.07) is 7.91. The Balaban J connectivity index is 1.63. The number of aromatic nitrogens is 3. The number of hydrogen-bond donors (Lipinski definition) is 1. The van der Waals surface area contributed by atoms with Gasteiger partial charge in [-0.3, -0.25) is 9.89 Å². The van der Waals surface area contributed by atoms with Crippen LogP contribution in [-0.2, 0) is 0 Å². The smallest absolute Gasteiger partial charge is 0.253 e. The summed E-state index contributed by atoms with van der Waals surface area (Å²) in [5, 5.41) is 7.60. The number of amides is 1. The zero-order chi connectivity index (χ0) is 18.3. The average molecular weight is 352 g/mol. The molecule has 2 aliphatic rings. The van der Waals surface area contributed by atoms with E-state index in [1.807, 2.05) is 36.1 Å². The Morgan fingerprint density at radius 2 is 2.08 bits per heavy atom. The van der Waals surface area contributed by atoms with Crippen molar-refractivity contribution in [3.63, 3.8) is 0 Å². The van der Waals surface area contributed by atoms with Gasteiger partial charge in [-0.25, -0.2) is 4.98 Å². The first kappa shape index (κ1) is 17.3. The predicted octanol–water partition coefficient (Wildman–Crippen LogP) is 4.04. The average Bonchev–Trinajstić information content (AvgIpc) is 3.35. The van der Waals surface area contributed by atoms with E-state index < -0.39 is 0 Å². The van der Waals surface area contributed by atoms with Crippen LogP contribution in [0.3, 0.4) is 0 Å². The van der Waals surface area contributed by atoms with Crippen LogP contribution >= 0.6 is 0 Å². The monoisotopic (exact) mass is 352 g/mol. The second-order valence-corrected chi connectivity index (χ2v) is 8.41. The lowest BCUT2D eigenvalue weighted by atomic mass is 9.76. The summed E-state index contributed by atoms with van der Waals surface area (Å²) in [7, 11) is 0. The van der Waals surface area contributed by atoms with Crippen LogP contribution in [0.5, 0.6) is 0 Å². The SMILES string of the molecule is Cc1cccc(C(=O)N2CC(c3nc(C(C)C)n[nH]3)C3(CCCC3)C2)c1. The molecular weight excluding hydrogens is 324 g/mol. The number of H-pyrrole nitrogens is 1. The van der Waals surface area contributed by atoms with Gasteiger partial charge in [0.25, 0.3) is 5.91 Å². The minimum absolute atomic E-state index is 0.145. The number of nitrogens with one attached hydrogen (secondary N) is 1. The van der Waals surface area contributed by atoms with E-state index in [1.54, 1.807) is 0 Å². The topological polar surface area (TPSA) is 61.9 Å². The van der Waals surface area contributed by atoms with Crippen molar-refractivity contribution in [3.8, 4) is 0 Å². The molecule has 1 atom stereocenters. The first-order valence-electron chi connectivity index (χ1n) is 9.77. The van der Waals surface area contributed by atoms with Crippen molar-refractivity contribution in [1.29, 1.82) is 0 Å². The molecule has 1 N–H and O–H groups in total. The molecule has 2 aromatic rings. The maximum absolute atomic E-state index is 13.1. The van der Waals surface area contributed by atoms with Gasteiger partial charge in [0.2, 0.25) is 0 Å². The number of nitrogens with zero attached hydrogens (tertiary/aromatic N) is 3. The Morgan fingerprint density at radius 3 is 2.73 bits per heavy atom. The largest absolute Gasteiger partial charge is 0.337 e. The molecule has 1 aliphatic carbocycles. The molecular formula is C21H28N4O. The molecule has 1 aliphatic heterocycles. The standard InChI is InChI=1S/C21H28N4O/c1-14(2)18-22-19(24-23-18)17-12-25(13-21(17)9-4-5-10-21)20(26)16-8-6-7-15(3)11-16/h6-8,11,14,17H,4-5,9-10,12-13H2,1-3H3,(H,22,23,24). The first-order valence-corrected chi connectivity index (χ1v) is 9.77. The van der Waals surface area contributed by atoms with E-state index in [-0.39, 0.29) is 17.2 Å². The summed E-state index contributed by atoms with van der Waals surface area (Å²) in [5.41, 5.74) is 2.08. The molecule has 0 bridgehead atoms. The van der Waals surface area contributed by atoms with E-state index in [2.05, 4.69) is 24.0 Å². The van der Waals surface area contributed by atoms with Gasteiger partial charge in [-0.1, -0.05) is 44.4 Å². The van der Waals surface area contributed by atoms with Crippen molar-refractivity contribution in [2.75, 3.05) is 13.1 Å². The molecule has 5 heteroatoms. The number of rotatable bonds is 3. The van der Waals surface area contributed by atoms with Crippen LogP contribution in [0, 0.1) is 12.3 Å². The Morgan fingerprint density at radius 1 is 1.31 bits per heavy atom. The number of carbonyl (C=O) groups is 1. The van der Waals surface area contributed by atoms with E-state index in [0.717, 1.165) is 35.9 Å². The van der Waals surface area contributed by atoms with Gasteiger partial charge in [-0.05, 0) is 37.3 Å². The molecule has 4 rings (SSSR count). The minimum Gasteiger partial charge on any atom is -0.337 e. The summed E-state index contributed by atoms with van der Waals surface area (Å²) in [6.07, 6.45) is 4.84. The Bertz CT molecular complexity index is 804. The Labute approximate surface area is 155 Å². The van der Waals surface area contributed by atoms with E-state index in [4.69, 9.17) is 4.98 Å². The van der Waals surface area contributed by atoms with E-state index in [9.17, 15) is 4.79 Å². The lowest BCUT2D eigenvalue weighted by Gasteiger charge is -2.28. The summed E-state index contributed by atoms with van der Waals surface area (Å²) >= 11 is 0. The fourth-order valence-corrected chi connectivity index (χ4v) is 4.75. The molecule has 1 amide bonds. The Kier molecular flexibility index (Phi) is 4.33. The quantitative estimate of drug-likeness (QED) is 0.907. The highest BCUT2D eigenvalue weighted by molar-refractivity contribution is 5.94. The van der Waals surface area contributed by atoms with Gasteiger partial charge in [0.05, 0.1) is 0 Å². The normalized spacial score (nSPS) is 21.8. The minimum atomic E-state index is 0.145. The predicted molar refractivity (Wildman–Crippen MR) is 101 cm³/mol. The van der Waals surface area contributed by atoms with Crippen LogP contribution in [0.25, 0.3) is 0 Å². The second-order valence-electron chi connectivity index (χ2n) is 8.41. The van der Waals surface area contributed by atoms with Gasteiger partial charge in [0.1, 0.15) is 5.82 Å². The summed E-state index contributed by atoms with van der Waals surface area (Å²) < 4.78 is 0. The molecule has 2 heterocycles. The number of carbonyl (C=O) groups excluding carboxylic acids is 1. The molecule has 26 heavy (non-hydrogen) atoms. The van der Waals surface area contributed by atoms with Gasteiger partial charge in [0.15, 0.2) is 5.82 Å². The maximum atomic E-state index is 13.1. The third-order valence-corrected chi connectivity index (χ3v) is 6.17. The number of likely N-dealkylation sites (tertiary alicyclic amines) is 1. The molecule has 1 aromatic heterocycles. The highest BCUT2D eigenvalue weighted by atomic mass is 16.2. The molecule has 1 unspecified atom stereocenters. The zero-order valence-electron chi connectivity index (χ0n) is 16.0. The molecule has 1 spiro atoms. The van der Waals surface area contributed by atoms with Crippen LogP contribution in [0.2, 0.25) is 0 Å². The van der Waals surface area contributed by atoms with Crippen molar-refractivity contribution < 1.29 is 4.79 Å². The summed E-state index contributed by atoms with van der Waals surface area (Å²) in [4.78, 5) is 19.9. The third kappa shape index (κ3) is 2.93. The Hall–Kier alpha value is -2.17. The van der Waals surface area contributed by atoms with Crippen molar-refractivity contribution in [2.24, 2.45) is 5.41 Å². The second kappa shape index (κ2) is 6.53. The fraction of sp³-hybridized carbons (Fsp3) is 0.571. The molecule has 2 fully saturated rings. The van der Waals surface area contributed by atoms with Crippen LogP contribution < -0.4 is 0 Å². The van der Waals surface area contributed by atoms with Crippen LogP contribution in [0.4, 0.5) is 0 Å². The molecule has 0 radical (unpaired) electrons. The van der Waals surface area contributed by atoms with Crippen molar-refractivity contribution in [1.82, 2.24) is 20.1 Å². The van der Waals surface area contributed by atoms with E-state index >= 15 is 0 Å². The number of benzene rings is 1. The molecule has 1 saturated carbocycles. The first-order chi connectivity index (χ1) is 12.5. The van der Waals surface area contributed by atoms with Crippen molar-refractivity contribution >= 4 is 5.91 Å². The van der Waals surface area contributed by atoms with Gasteiger partial charge in [-0.2, -0.15) is 5.10 Å². The maximum Gasteiger partial charge on any atom is 0.253 e. The van der Waals surface area contributed by atoms with E-state index in [0.29, 0.717) is 5.92 Å². The fourth-order valence-electron chi connectivity index (χ4n) is 4.75. The number of hydrogen-bond acceptors (Lipinski definition) is 3. The van der Waals surface area contributed by atoms with Crippen LogP contribution in [0.15, 0.2) is 24.3 Å².